The minimum absolute atomic E-state index is 0.0963. The maximum absolute atomic E-state index is 12.4. The van der Waals surface area contributed by atoms with Crippen LogP contribution in [-0.2, 0) is 20.9 Å². The number of carbonyl (C=O) groups is 3. The molecule has 7 nitrogen and oxygen atoms in total. The highest BCUT2D eigenvalue weighted by Crippen LogP contribution is 2.32. The molecule has 0 radical (unpaired) electrons. The first-order valence-corrected chi connectivity index (χ1v) is 8.58. The van der Waals surface area contributed by atoms with Crippen LogP contribution in [0, 0.1) is 0 Å². The Balaban J connectivity index is 1.51. The molecule has 0 bridgehead atoms. The van der Waals surface area contributed by atoms with Crippen molar-refractivity contribution in [2.45, 2.75) is 25.7 Å². The molecule has 2 aromatic rings. The Kier molecular flexibility index (Phi) is 5.71. The van der Waals surface area contributed by atoms with Crippen molar-refractivity contribution in [3.05, 3.63) is 71.8 Å². The first-order chi connectivity index (χ1) is 13.1. The van der Waals surface area contributed by atoms with Crippen LogP contribution in [0.15, 0.2) is 60.7 Å². The highest BCUT2D eigenvalue weighted by atomic mass is 16.6. The zero-order valence-corrected chi connectivity index (χ0v) is 14.8. The number of benzene rings is 2. The second-order valence-corrected chi connectivity index (χ2v) is 6.13. The summed E-state index contributed by atoms with van der Waals surface area (Å²) in [5, 5.41) is 2.37. The molecule has 27 heavy (non-hydrogen) atoms. The molecule has 0 aromatic heterocycles. The number of nitrogens with one attached hydrogen (secondary N) is 1. The molecule has 0 saturated carbocycles. The van der Waals surface area contributed by atoms with Gasteiger partial charge in [0.1, 0.15) is 19.3 Å². The van der Waals surface area contributed by atoms with Crippen LogP contribution >= 0.6 is 0 Å². The number of carbonyl (C=O) groups excluding carboxylic acids is 3. The Morgan fingerprint density at radius 2 is 1.70 bits per heavy atom. The monoisotopic (exact) mass is 368 g/mol. The number of rotatable bonds is 5. The van der Waals surface area contributed by atoms with Gasteiger partial charge in [0.15, 0.2) is 0 Å². The van der Waals surface area contributed by atoms with Gasteiger partial charge in [-0.1, -0.05) is 60.7 Å². The summed E-state index contributed by atoms with van der Waals surface area (Å²) in [6.07, 6.45) is -1.99. The fraction of sp³-hybridized carbons (Fsp3) is 0.250. The molecule has 1 heterocycles. The third-order valence-electron chi connectivity index (χ3n) is 4.26. The SMILES string of the molecule is C[C@H]1[C@H](c2ccccc2)OC(=O)N1C(=O)CNC(=O)OCc1ccccc1. The van der Waals surface area contributed by atoms with E-state index in [-0.39, 0.29) is 13.2 Å². The third-order valence-corrected chi connectivity index (χ3v) is 4.26. The summed E-state index contributed by atoms with van der Waals surface area (Å²) in [6.45, 7) is 1.47. The molecule has 1 aliphatic rings. The number of nitrogens with zero attached hydrogens (tertiary/aromatic N) is 1. The summed E-state index contributed by atoms with van der Waals surface area (Å²) in [6, 6.07) is 17.9. The summed E-state index contributed by atoms with van der Waals surface area (Å²) in [5.74, 6) is -0.553. The smallest absolute Gasteiger partial charge is 0.417 e. The van der Waals surface area contributed by atoms with Crippen LogP contribution in [0.5, 0.6) is 0 Å². The average molecular weight is 368 g/mol. The van der Waals surface area contributed by atoms with Crippen LogP contribution in [0.25, 0.3) is 0 Å². The maximum atomic E-state index is 12.4. The molecular formula is C20H20N2O5. The first kappa shape index (κ1) is 18.4. The number of hydrogen-bond donors (Lipinski definition) is 1. The number of imide groups is 1. The van der Waals surface area contributed by atoms with E-state index in [2.05, 4.69) is 5.32 Å². The van der Waals surface area contributed by atoms with Crippen molar-refractivity contribution < 1.29 is 23.9 Å². The maximum Gasteiger partial charge on any atom is 0.417 e. The summed E-state index contributed by atoms with van der Waals surface area (Å²) < 4.78 is 10.4. The van der Waals surface area contributed by atoms with Crippen molar-refractivity contribution in [1.82, 2.24) is 10.2 Å². The highest BCUT2D eigenvalue weighted by molar-refractivity contribution is 5.95. The van der Waals surface area contributed by atoms with Gasteiger partial charge in [-0.2, -0.15) is 0 Å². The molecule has 0 aliphatic carbocycles. The van der Waals surface area contributed by atoms with E-state index in [1.807, 2.05) is 60.7 Å². The highest BCUT2D eigenvalue weighted by Gasteiger charge is 2.43. The lowest BCUT2D eigenvalue weighted by atomic mass is 10.0. The van der Waals surface area contributed by atoms with Gasteiger partial charge < -0.3 is 14.8 Å². The van der Waals surface area contributed by atoms with Crippen LogP contribution in [-0.4, -0.2) is 35.6 Å². The Hall–Kier alpha value is -3.35. The molecule has 1 fully saturated rings. The largest absolute Gasteiger partial charge is 0.445 e. The standard InChI is InChI=1S/C20H20N2O5/c1-14-18(16-10-6-3-7-11-16)27-20(25)22(14)17(23)12-21-19(24)26-13-15-8-4-2-5-9-15/h2-11,14,18H,12-13H2,1H3,(H,21,24)/t14-,18+/m0/s1. The normalized spacial score (nSPS) is 18.7. The second-order valence-electron chi connectivity index (χ2n) is 6.13. The van der Waals surface area contributed by atoms with Gasteiger partial charge in [0.2, 0.25) is 0 Å². The van der Waals surface area contributed by atoms with E-state index >= 15 is 0 Å². The van der Waals surface area contributed by atoms with E-state index in [4.69, 9.17) is 9.47 Å². The van der Waals surface area contributed by atoms with Crippen LogP contribution in [0.4, 0.5) is 9.59 Å². The van der Waals surface area contributed by atoms with Crippen molar-refractivity contribution in [3.8, 4) is 0 Å². The molecule has 1 saturated heterocycles. The van der Waals surface area contributed by atoms with Gasteiger partial charge in [0.25, 0.3) is 5.91 Å². The zero-order chi connectivity index (χ0) is 19.2. The third kappa shape index (κ3) is 4.44. The van der Waals surface area contributed by atoms with Crippen LogP contribution in [0.1, 0.15) is 24.2 Å². The lowest BCUT2D eigenvalue weighted by molar-refractivity contribution is -0.128. The fourth-order valence-electron chi connectivity index (χ4n) is 2.89. The van der Waals surface area contributed by atoms with Crippen molar-refractivity contribution in [1.29, 1.82) is 0 Å². The summed E-state index contributed by atoms with van der Waals surface area (Å²) >= 11 is 0. The molecule has 1 N–H and O–H groups in total. The predicted molar refractivity (Wildman–Crippen MR) is 96.6 cm³/mol. The predicted octanol–water partition coefficient (Wildman–Crippen LogP) is 3.02. The number of cyclic esters (lactones) is 1. The van der Waals surface area contributed by atoms with Crippen molar-refractivity contribution in [2.75, 3.05) is 6.54 Å². The summed E-state index contributed by atoms with van der Waals surface area (Å²) in [7, 11) is 0. The quantitative estimate of drug-likeness (QED) is 0.877. The Morgan fingerprint density at radius 1 is 1.07 bits per heavy atom. The van der Waals surface area contributed by atoms with E-state index in [1.165, 1.54) is 0 Å². The zero-order valence-electron chi connectivity index (χ0n) is 14.8. The average Bonchev–Trinajstić information content (AvgIpc) is 3.00. The van der Waals surface area contributed by atoms with E-state index in [0.717, 1.165) is 16.0 Å². The van der Waals surface area contributed by atoms with Crippen molar-refractivity contribution in [3.63, 3.8) is 0 Å². The van der Waals surface area contributed by atoms with Gasteiger partial charge in [-0.25, -0.2) is 14.5 Å². The summed E-state index contributed by atoms with van der Waals surface area (Å²) in [4.78, 5) is 37.3. The molecule has 0 spiro atoms. The number of hydrogen-bond acceptors (Lipinski definition) is 5. The van der Waals surface area contributed by atoms with Crippen molar-refractivity contribution >= 4 is 18.1 Å². The van der Waals surface area contributed by atoms with Gasteiger partial charge in [-0.3, -0.25) is 4.79 Å². The molecule has 3 amide bonds. The first-order valence-electron chi connectivity index (χ1n) is 8.58. The number of alkyl carbamates (subject to hydrolysis) is 1. The van der Waals surface area contributed by atoms with E-state index in [0.29, 0.717) is 0 Å². The van der Waals surface area contributed by atoms with Crippen LogP contribution < -0.4 is 5.32 Å². The molecule has 0 unspecified atom stereocenters. The van der Waals surface area contributed by atoms with Gasteiger partial charge in [-0.15, -0.1) is 0 Å². The van der Waals surface area contributed by atoms with E-state index in [1.54, 1.807) is 6.92 Å². The van der Waals surface area contributed by atoms with Gasteiger partial charge in [0, 0.05) is 0 Å². The van der Waals surface area contributed by atoms with Crippen LogP contribution in [0.2, 0.25) is 0 Å². The van der Waals surface area contributed by atoms with Crippen LogP contribution in [0.3, 0.4) is 0 Å². The van der Waals surface area contributed by atoms with E-state index < -0.39 is 30.2 Å². The lowest BCUT2D eigenvalue weighted by Gasteiger charge is -2.19. The Bertz CT molecular complexity index is 810. The summed E-state index contributed by atoms with van der Waals surface area (Å²) in [5.41, 5.74) is 1.64. The molecule has 7 heteroatoms. The van der Waals surface area contributed by atoms with Gasteiger partial charge in [0.05, 0.1) is 6.04 Å². The molecule has 140 valence electrons. The lowest BCUT2D eigenvalue weighted by Crippen LogP contribution is -2.44. The van der Waals surface area contributed by atoms with E-state index in [9.17, 15) is 14.4 Å². The topological polar surface area (TPSA) is 84.9 Å². The van der Waals surface area contributed by atoms with Gasteiger partial charge in [-0.05, 0) is 18.1 Å². The van der Waals surface area contributed by atoms with Crippen molar-refractivity contribution in [2.24, 2.45) is 0 Å². The number of amides is 3. The fourth-order valence-corrected chi connectivity index (χ4v) is 2.89. The Morgan fingerprint density at radius 3 is 2.37 bits per heavy atom. The molecular weight excluding hydrogens is 348 g/mol. The molecule has 2 aromatic carbocycles. The molecule has 3 rings (SSSR count). The molecule has 2 atom stereocenters. The van der Waals surface area contributed by atoms with Gasteiger partial charge >= 0.3 is 12.2 Å². The Labute approximate surface area is 156 Å². The number of ether oxygens (including phenoxy) is 2. The minimum Gasteiger partial charge on any atom is -0.445 e. The minimum atomic E-state index is -0.730. The second kappa shape index (κ2) is 8.35. The molecule has 1 aliphatic heterocycles.